The van der Waals surface area contributed by atoms with Gasteiger partial charge < -0.3 is 14.3 Å². The van der Waals surface area contributed by atoms with Gasteiger partial charge in [0.2, 0.25) is 5.71 Å². The summed E-state index contributed by atoms with van der Waals surface area (Å²) in [6.45, 7) is 3.54. The number of rotatable bonds is 3. The van der Waals surface area contributed by atoms with Crippen molar-refractivity contribution >= 4 is 5.71 Å². The average molecular weight is 265 g/mol. The van der Waals surface area contributed by atoms with E-state index in [0.29, 0.717) is 17.0 Å². The maximum Gasteiger partial charge on any atom is 0.226 e. The first-order valence-electron chi connectivity index (χ1n) is 6.18. The van der Waals surface area contributed by atoms with E-state index in [1.807, 2.05) is 24.3 Å². The molecule has 0 amide bonds. The smallest absolute Gasteiger partial charge is 0.226 e. The standard InChI is InChI=1S/C14H19NO4/c1-10-13(9-14(2,18-4)19-15(10)16)11-5-7-12(17-3)8-6-11/h5-8,13H,9H2,1-4H3/t13-,14+/m0/s1. The molecule has 104 valence electrons. The summed E-state index contributed by atoms with van der Waals surface area (Å²) in [6.07, 6.45) is 0.598. The molecule has 0 bridgehead atoms. The highest BCUT2D eigenvalue weighted by Gasteiger charge is 2.39. The maximum atomic E-state index is 11.8. The minimum absolute atomic E-state index is 0.0258. The van der Waals surface area contributed by atoms with Crippen molar-refractivity contribution in [2.24, 2.45) is 0 Å². The zero-order valence-corrected chi connectivity index (χ0v) is 11.7. The number of ether oxygens (including phenoxy) is 2. The molecule has 0 N–H and O–H groups in total. The fourth-order valence-electron chi connectivity index (χ4n) is 2.25. The fraction of sp³-hybridized carbons (Fsp3) is 0.500. The summed E-state index contributed by atoms with van der Waals surface area (Å²) in [6, 6.07) is 7.69. The van der Waals surface area contributed by atoms with Crippen molar-refractivity contribution in [2.45, 2.75) is 32.0 Å². The predicted molar refractivity (Wildman–Crippen MR) is 71.2 cm³/mol. The molecular weight excluding hydrogens is 246 g/mol. The van der Waals surface area contributed by atoms with Gasteiger partial charge >= 0.3 is 0 Å². The van der Waals surface area contributed by atoms with Crippen LogP contribution in [-0.2, 0) is 9.57 Å². The lowest BCUT2D eigenvalue weighted by Gasteiger charge is -2.37. The Morgan fingerprint density at radius 3 is 2.47 bits per heavy atom. The fourth-order valence-corrected chi connectivity index (χ4v) is 2.25. The van der Waals surface area contributed by atoms with E-state index < -0.39 is 5.79 Å². The van der Waals surface area contributed by atoms with Crippen LogP contribution in [0.3, 0.4) is 0 Å². The van der Waals surface area contributed by atoms with Gasteiger partial charge in [-0.25, -0.2) is 0 Å². The maximum absolute atomic E-state index is 11.8. The molecule has 0 saturated carbocycles. The van der Waals surface area contributed by atoms with E-state index in [2.05, 4.69) is 0 Å². The molecule has 0 aromatic heterocycles. The van der Waals surface area contributed by atoms with Crippen LogP contribution in [0.2, 0.25) is 0 Å². The topological polar surface area (TPSA) is 53.8 Å². The molecular formula is C14H19NO4. The van der Waals surface area contributed by atoms with Gasteiger partial charge in [-0.15, -0.1) is 0 Å². The Hall–Kier alpha value is -1.75. The number of hydrogen-bond acceptors (Lipinski definition) is 4. The van der Waals surface area contributed by atoms with Gasteiger partial charge in [0, 0.05) is 25.4 Å². The Morgan fingerprint density at radius 1 is 1.32 bits per heavy atom. The molecule has 1 aliphatic rings. The number of nitrogens with zero attached hydrogens (tertiary/aromatic N) is 1. The summed E-state index contributed by atoms with van der Waals surface area (Å²) in [5.41, 5.74) is 1.67. The van der Waals surface area contributed by atoms with Crippen LogP contribution in [0.25, 0.3) is 0 Å². The second-order valence-corrected chi connectivity index (χ2v) is 4.86. The average Bonchev–Trinajstić information content (AvgIpc) is 2.43. The molecule has 1 aromatic carbocycles. The minimum atomic E-state index is -0.897. The van der Waals surface area contributed by atoms with Crippen LogP contribution in [0.15, 0.2) is 24.3 Å². The molecule has 1 aromatic rings. The molecule has 5 heteroatoms. The van der Waals surface area contributed by atoms with E-state index >= 15 is 0 Å². The summed E-state index contributed by atoms with van der Waals surface area (Å²) in [7, 11) is 3.17. The summed E-state index contributed by atoms with van der Waals surface area (Å²) in [5, 5.41) is 11.8. The Morgan fingerprint density at radius 2 is 1.95 bits per heavy atom. The van der Waals surface area contributed by atoms with Crippen LogP contribution in [0.4, 0.5) is 0 Å². The summed E-state index contributed by atoms with van der Waals surface area (Å²) < 4.78 is 10.4. The molecule has 0 unspecified atom stereocenters. The van der Waals surface area contributed by atoms with Crippen LogP contribution in [0.1, 0.15) is 31.7 Å². The van der Waals surface area contributed by atoms with Crippen LogP contribution >= 0.6 is 0 Å². The highest BCUT2D eigenvalue weighted by molar-refractivity contribution is 5.84. The third-order valence-corrected chi connectivity index (χ3v) is 3.59. The van der Waals surface area contributed by atoms with Gasteiger partial charge in [-0.05, 0) is 24.6 Å². The molecule has 0 saturated heterocycles. The molecule has 19 heavy (non-hydrogen) atoms. The Labute approximate surface area is 112 Å². The van der Waals surface area contributed by atoms with Gasteiger partial charge in [0.25, 0.3) is 0 Å². The summed E-state index contributed by atoms with van der Waals surface area (Å²) in [4.78, 5) is 5.78. The number of benzene rings is 1. The van der Waals surface area contributed by atoms with Crippen molar-refractivity contribution in [1.29, 1.82) is 0 Å². The van der Waals surface area contributed by atoms with Crippen LogP contribution in [-0.4, -0.2) is 30.6 Å². The minimum Gasteiger partial charge on any atom is -0.497 e. The largest absolute Gasteiger partial charge is 0.497 e. The van der Waals surface area contributed by atoms with Crippen molar-refractivity contribution in [3.05, 3.63) is 35.0 Å². The zero-order chi connectivity index (χ0) is 14.0. The van der Waals surface area contributed by atoms with Gasteiger partial charge in [0.05, 0.1) is 13.0 Å². The van der Waals surface area contributed by atoms with Crippen molar-refractivity contribution in [2.75, 3.05) is 14.2 Å². The highest BCUT2D eigenvalue weighted by atomic mass is 16.9. The highest BCUT2D eigenvalue weighted by Crippen LogP contribution is 2.34. The molecule has 0 radical (unpaired) electrons. The zero-order valence-electron chi connectivity index (χ0n) is 11.7. The van der Waals surface area contributed by atoms with E-state index in [0.717, 1.165) is 11.3 Å². The summed E-state index contributed by atoms with van der Waals surface area (Å²) in [5.74, 6) is -0.129. The molecule has 0 aliphatic carbocycles. The van der Waals surface area contributed by atoms with Crippen LogP contribution in [0, 0.1) is 5.21 Å². The van der Waals surface area contributed by atoms with Gasteiger partial charge in [-0.3, -0.25) is 5.21 Å². The van der Waals surface area contributed by atoms with E-state index in [4.69, 9.17) is 14.3 Å². The molecule has 0 fully saturated rings. The first-order chi connectivity index (χ1) is 8.99. The normalized spacial score (nSPS) is 27.1. The number of methoxy groups -OCH3 is 2. The first-order valence-corrected chi connectivity index (χ1v) is 6.18. The molecule has 0 spiro atoms. The lowest BCUT2D eigenvalue weighted by atomic mass is 9.87. The van der Waals surface area contributed by atoms with Crippen molar-refractivity contribution in [3.8, 4) is 5.75 Å². The third-order valence-electron chi connectivity index (χ3n) is 3.59. The second-order valence-electron chi connectivity index (χ2n) is 4.86. The molecule has 1 heterocycles. The Kier molecular flexibility index (Phi) is 3.66. The van der Waals surface area contributed by atoms with E-state index in [1.165, 1.54) is 0 Å². The van der Waals surface area contributed by atoms with Gasteiger partial charge in [-0.2, -0.15) is 0 Å². The second kappa shape index (κ2) is 5.09. The van der Waals surface area contributed by atoms with Gasteiger partial charge in [0.1, 0.15) is 5.75 Å². The third kappa shape index (κ3) is 2.66. The van der Waals surface area contributed by atoms with Crippen molar-refractivity contribution < 1.29 is 19.2 Å². The lowest BCUT2D eigenvalue weighted by molar-refractivity contribution is -0.787. The van der Waals surface area contributed by atoms with Crippen LogP contribution < -0.4 is 4.74 Å². The monoisotopic (exact) mass is 265 g/mol. The van der Waals surface area contributed by atoms with Crippen molar-refractivity contribution in [3.63, 3.8) is 0 Å². The summed E-state index contributed by atoms with van der Waals surface area (Å²) >= 11 is 0. The Bertz CT molecular complexity index is 483. The van der Waals surface area contributed by atoms with Crippen LogP contribution in [0.5, 0.6) is 5.75 Å². The lowest BCUT2D eigenvalue weighted by Crippen LogP contribution is -2.43. The quantitative estimate of drug-likeness (QED) is 0.788. The van der Waals surface area contributed by atoms with Gasteiger partial charge in [-0.1, -0.05) is 12.1 Å². The van der Waals surface area contributed by atoms with E-state index in [-0.39, 0.29) is 5.92 Å². The molecule has 1 aliphatic heterocycles. The Balaban J connectivity index is 2.33. The number of hydrogen-bond donors (Lipinski definition) is 0. The molecule has 2 atom stereocenters. The first kappa shape index (κ1) is 13.7. The predicted octanol–water partition coefficient (Wildman–Crippen LogP) is 2.45. The SMILES string of the molecule is COc1ccc([C@H]2C[C@](C)(OC)O[N+]([O-])=C2C)cc1. The van der Waals surface area contributed by atoms with Crippen molar-refractivity contribution in [1.82, 2.24) is 0 Å². The van der Waals surface area contributed by atoms with E-state index in [9.17, 15) is 5.21 Å². The van der Waals surface area contributed by atoms with E-state index in [1.54, 1.807) is 28.1 Å². The van der Waals surface area contributed by atoms with Gasteiger partial charge in [0.15, 0.2) is 5.79 Å². The molecule has 5 nitrogen and oxygen atoms in total. The molecule has 2 rings (SSSR count).